The van der Waals surface area contributed by atoms with Crippen LogP contribution in [0.5, 0.6) is 0 Å². The highest BCUT2D eigenvalue weighted by molar-refractivity contribution is 7.13. The van der Waals surface area contributed by atoms with Gasteiger partial charge in [-0.1, -0.05) is 22.7 Å². The van der Waals surface area contributed by atoms with Crippen molar-refractivity contribution in [1.29, 1.82) is 0 Å². The molecule has 2 N–H and O–H groups in total. The highest BCUT2D eigenvalue weighted by Gasteiger charge is 2.67. The Bertz CT molecular complexity index is 604. The van der Waals surface area contributed by atoms with Gasteiger partial charge in [-0.3, -0.25) is 20.2 Å². The number of aromatic nitrogens is 4. The molecule has 22 heavy (non-hydrogen) atoms. The zero-order chi connectivity index (χ0) is 16.4. The van der Waals surface area contributed by atoms with Crippen LogP contribution in [0.25, 0.3) is 0 Å². The fourth-order valence-corrected chi connectivity index (χ4v) is 1.97. The second kappa shape index (κ2) is 5.88. The van der Waals surface area contributed by atoms with Crippen molar-refractivity contribution in [3.8, 4) is 0 Å². The summed E-state index contributed by atoms with van der Waals surface area (Å²) in [4.78, 5) is 22.6. The number of carbonyl (C=O) groups is 2. The van der Waals surface area contributed by atoms with Gasteiger partial charge in [-0.2, -0.15) is 17.6 Å². The summed E-state index contributed by atoms with van der Waals surface area (Å²) in [6, 6.07) is 0. The van der Waals surface area contributed by atoms with Gasteiger partial charge in [-0.15, -0.1) is 20.4 Å². The number of hydrogen-bond donors (Lipinski definition) is 2. The molecular formula is C8H4F4N6O2S2. The summed E-state index contributed by atoms with van der Waals surface area (Å²) in [6.07, 6.45) is 0. The molecule has 2 aromatic rings. The summed E-state index contributed by atoms with van der Waals surface area (Å²) in [5, 5.41) is 14.9. The average molecular weight is 356 g/mol. The van der Waals surface area contributed by atoms with Crippen molar-refractivity contribution < 1.29 is 27.2 Å². The van der Waals surface area contributed by atoms with Gasteiger partial charge in [0.2, 0.25) is 10.3 Å². The molecule has 2 amide bonds. The Hall–Kier alpha value is -2.22. The minimum atomic E-state index is -5.31. The first kappa shape index (κ1) is 16.2. The van der Waals surface area contributed by atoms with E-state index < -0.39 is 33.9 Å². The standard InChI is InChI=1S/C8H4F4N6O2S2/c9-7(10,3(19)15-5-17-13-1-21-5)8(11,12)4(20)16-6-18-14-2-22-6/h1-2H,(H,15,17,19)(H,16,18,20). The largest absolute Gasteiger partial charge is 0.396 e. The molecule has 0 bridgehead atoms. The van der Waals surface area contributed by atoms with Gasteiger partial charge in [0.1, 0.15) is 11.0 Å². The van der Waals surface area contributed by atoms with E-state index in [9.17, 15) is 27.2 Å². The van der Waals surface area contributed by atoms with Gasteiger partial charge in [0.05, 0.1) is 0 Å². The summed E-state index contributed by atoms with van der Waals surface area (Å²) in [6.45, 7) is 0. The molecule has 2 heterocycles. The van der Waals surface area contributed by atoms with Crippen molar-refractivity contribution in [1.82, 2.24) is 20.4 Å². The molecule has 2 rings (SSSR count). The normalized spacial score (nSPS) is 12.0. The van der Waals surface area contributed by atoms with E-state index in [-0.39, 0.29) is 0 Å². The predicted molar refractivity (Wildman–Crippen MR) is 67.0 cm³/mol. The van der Waals surface area contributed by atoms with E-state index in [2.05, 4.69) is 20.4 Å². The van der Waals surface area contributed by atoms with E-state index in [1.54, 1.807) is 0 Å². The fraction of sp³-hybridized carbons (Fsp3) is 0.250. The molecule has 8 nitrogen and oxygen atoms in total. The molecule has 118 valence electrons. The van der Waals surface area contributed by atoms with Gasteiger partial charge >= 0.3 is 23.7 Å². The SMILES string of the molecule is O=C(Nc1nncs1)C(F)(F)C(F)(F)C(=O)Nc1nncs1. The molecule has 2 aromatic heterocycles. The lowest BCUT2D eigenvalue weighted by molar-refractivity contribution is -0.204. The molecular weight excluding hydrogens is 352 g/mol. The number of hydrogen-bond acceptors (Lipinski definition) is 8. The van der Waals surface area contributed by atoms with E-state index in [1.165, 1.54) is 10.6 Å². The minimum Gasteiger partial charge on any atom is -0.295 e. The van der Waals surface area contributed by atoms with Crippen molar-refractivity contribution in [2.75, 3.05) is 10.6 Å². The Kier molecular flexibility index (Phi) is 4.32. The number of alkyl halides is 4. The lowest BCUT2D eigenvalue weighted by Gasteiger charge is -2.23. The summed E-state index contributed by atoms with van der Waals surface area (Å²) in [5.41, 5.74) is 2.18. The van der Waals surface area contributed by atoms with Crippen LogP contribution in [-0.4, -0.2) is 44.1 Å². The average Bonchev–Trinajstić information content (AvgIpc) is 3.11. The number of nitrogens with one attached hydrogen (secondary N) is 2. The molecule has 0 fully saturated rings. The molecule has 0 aliphatic heterocycles. The third kappa shape index (κ3) is 3.01. The van der Waals surface area contributed by atoms with Gasteiger partial charge in [-0.05, 0) is 0 Å². The van der Waals surface area contributed by atoms with Crippen LogP contribution in [0.2, 0.25) is 0 Å². The van der Waals surface area contributed by atoms with Gasteiger partial charge in [0.25, 0.3) is 0 Å². The molecule has 0 atom stereocenters. The van der Waals surface area contributed by atoms with Crippen molar-refractivity contribution in [2.45, 2.75) is 11.8 Å². The maximum Gasteiger partial charge on any atom is 0.396 e. The number of anilines is 2. The molecule has 14 heteroatoms. The third-order valence-electron chi connectivity index (χ3n) is 2.13. The lowest BCUT2D eigenvalue weighted by Crippen LogP contribution is -2.56. The van der Waals surface area contributed by atoms with Crippen LogP contribution in [0.3, 0.4) is 0 Å². The number of rotatable bonds is 5. The Labute approximate surface area is 126 Å². The zero-order valence-corrected chi connectivity index (χ0v) is 11.7. The minimum absolute atomic E-state index is 0.412. The number of amides is 2. The molecule has 0 saturated carbocycles. The molecule has 0 aliphatic carbocycles. The van der Waals surface area contributed by atoms with Gasteiger partial charge in [0.15, 0.2) is 0 Å². The first-order chi connectivity index (χ1) is 10.2. The van der Waals surface area contributed by atoms with Crippen LogP contribution in [0.4, 0.5) is 27.8 Å². The van der Waals surface area contributed by atoms with Crippen molar-refractivity contribution in [3.63, 3.8) is 0 Å². The van der Waals surface area contributed by atoms with Crippen LogP contribution in [0.15, 0.2) is 11.0 Å². The second-order valence-electron chi connectivity index (χ2n) is 3.54. The molecule has 0 aromatic carbocycles. The van der Waals surface area contributed by atoms with E-state index in [1.807, 2.05) is 0 Å². The van der Waals surface area contributed by atoms with Crippen molar-refractivity contribution >= 4 is 44.8 Å². The topological polar surface area (TPSA) is 110 Å². The summed E-state index contributed by atoms with van der Waals surface area (Å²) < 4.78 is 54.3. The highest BCUT2D eigenvalue weighted by Crippen LogP contribution is 2.36. The highest BCUT2D eigenvalue weighted by atomic mass is 32.1. The molecule has 0 aliphatic rings. The first-order valence-corrected chi connectivity index (χ1v) is 6.92. The molecule has 0 saturated heterocycles. The smallest absolute Gasteiger partial charge is 0.295 e. The summed E-state index contributed by atoms with van der Waals surface area (Å²) in [7, 11) is 0. The summed E-state index contributed by atoms with van der Waals surface area (Å²) in [5.74, 6) is -15.4. The number of carbonyl (C=O) groups excluding carboxylic acids is 2. The Balaban J connectivity index is 2.14. The lowest BCUT2D eigenvalue weighted by atomic mass is 10.1. The van der Waals surface area contributed by atoms with Crippen molar-refractivity contribution in [3.05, 3.63) is 11.0 Å². The molecule has 0 spiro atoms. The van der Waals surface area contributed by atoms with Crippen LogP contribution in [0.1, 0.15) is 0 Å². The van der Waals surface area contributed by atoms with Crippen molar-refractivity contribution in [2.24, 2.45) is 0 Å². The monoisotopic (exact) mass is 356 g/mol. The first-order valence-electron chi connectivity index (χ1n) is 5.16. The fourth-order valence-electron chi connectivity index (χ4n) is 1.09. The number of nitrogens with zero attached hydrogens (tertiary/aromatic N) is 4. The van der Waals surface area contributed by atoms with Crippen LogP contribution in [-0.2, 0) is 9.59 Å². The van der Waals surface area contributed by atoms with E-state index in [0.717, 1.165) is 11.0 Å². The predicted octanol–water partition coefficient (Wildman–Crippen LogP) is 1.24. The second-order valence-corrected chi connectivity index (χ2v) is 5.21. The van der Waals surface area contributed by atoms with Crippen LogP contribution < -0.4 is 10.6 Å². The molecule has 0 radical (unpaired) electrons. The maximum atomic E-state index is 13.6. The van der Waals surface area contributed by atoms with Crippen LogP contribution >= 0.6 is 22.7 Å². The van der Waals surface area contributed by atoms with Gasteiger partial charge in [0, 0.05) is 0 Å². The third-order valence-corrected chi connectivity index (χ3v) is 3.34. The quantitative estimate of drug-likeness (QED) is 0.780. The van der Waals surface area contributed by atoms with E-state index >= 15 is 0 Å². The number of halogens is 4. The molecule has 0 unspecified atom stereocenters. The van der Waals surface area contributed by atoms with E-state index in [0.29, 0.717) is 22.7 Å². The maximum absolute atomic E-state index is 13.6. The zero-order valence-electron chi connectivity index (χ0n) is 10.1. The van der Waals surface area contributed by atoms with Gasteiger partial charge in [-0.25, -0.2) is 0 Å². The van der Waals surface area contributed by atoms with Crippen LogP contribution in [0, 0.1) is 0 Å². The Morgan fingerprint density at radius 2 is 1.23 bits per heavy atom. The Morgan fingerprint density at radius 1 is 0.864 bits per heavy atom. The van der Waals surface area contributed by atoms with E-state index in [4.69, 9.17) is 0 Å². The summed E-state index contributed by atoms with van der Waals surface area (Å²) >= 11 is 1.28. The van der Waals surface area contributed by atoms with Gasteiger partial charge < -0.3 is 0 Å². The Morgan fingerprint density at radius 3 is 1.50 bits per heavy atom.